The van der Waals surface area contributed by atoms with E-state index < -0.39 is 5.82 Å². The van der Waals surface area contributed by atoms with Crippen molar-refractivity contribution in [3.63, 3.8) is 0 Å². The lowest BCUT2D eigenvalue weighted by molar-refractivity contribution is -0.115. The van der Waals surface area contributed by atoms with Crippen LogP contribution in [0.2, 0.25) is 0 Å². The molecule has 4 N–H and O–H groups in total. The Morgan fingerprint density at radius 3 is 2.58 bits per heavy atom. The molecule has 8 heteroatoms. The SMILES string of the molecule is NCc1cc(-c2noc(NC(=O)Cc3ccccc3O)c2-c2ccncc2)ccc1F. The van der Waals surface area contributed by atoms with E-state index in [2.05, 4.69) is 15.5 Å². The van der Waals surface area contributed by atoms with Crippen LogP contribution in [0.1, 0.15) is 11.1 Å². The van der Waals surface area contributed by atoms with Crippen molar-refractivity contribution in [3.8, 4) is 28.1 Å². The number of amides is 1. The van der Waals surface area contributed by atoms with Crippen molar-refractivity contribution < 1.29 is 18.8 Å². The Morgan fingerprint density at radius 2 is 1.84 bits per heavy atom. The minimum absolute atomic E-state index is 0.0332. The van der Waals surface area contributed by atoms with Crippen molar-refractivity contribution in [2.45, 2.75) is 13.0 Å². The quantitative estimate of drug-likeness (QED) is 0.438. The molecule has 2 aromatic heterocycles. The molecule has 0 atom stereocenters. The van der Waals surface area contributed by atoms with Gasteiger partial charge in [-0.25, -0.2) is 4.39 Å². The number of rotatable bonds is 6. The van der Waals surface area contributed by atoms with Gasteiger partial charge in [-0.2, -0.15) is 0 Å². The lowest BCUT2D eigenvalue weighted by Gasteiger charge is -2.08. The molecule has 4 aromatic rings. The number of aromatic nitrogens is 2. The van der Waals surface area contributed by atoms with Gasteiger partial charge < -0.3 is 15.4 Å². The van der Waals surface area contributed by atoms with Gasteiger partial charge in [-0.05, 0) is 42.0 Å². The monoisotopic (exact) mass is 418 g/mol. The summed E-state index contributed by atoms with van der Waals surface area (Å²) in [4.78, 5) is 16.6. The third-order valence-corrected chi connectivity index (χ3v) is 4.80. The molecule has 2 heterocycles. The van der Waals surface area contributed by atoms with Gasteiger partial charge >= 0.3 is 0 Å². The van der Waals surface area contributed by atoms with Gasteiger partial charge in [-0.1, -0.05) is 23.4 Å². The first kappa shape index (κ1) is 20.2. The number of aromatic hydroxyl groups is 1. The Bertz CT molecular complexity index is 1220. The van der Waals surface area contributed by atoms with Crippen LogP contribution in [0.3, 0.4) is 0 Å². The van der Waals surface area contributed by atoms with E-state index in [1.54, 1.807) is 54.9 Å². The summed E-state index contributed by atoms with van der Waals surface area (Å²) in [7, 11) is 0. The van der Waals surface area contributed by atoms with Gasteiger partial charge in [0.25, 0.3) is 0 Å². The molecule has 0 aliphatic rings. The first-order chi connectivity index (χ1) is 15.1. The number of nitrogens with two attached hydrogens (primary N) is 1. The molecule has 2 aromatic carbocycles. The number of hydrogen-bond donors (Lipinski definition) is 3. The molecule has 156 valence electrons. The Morgan fingerprint density at radius 1 is 1.06 bits per heavy atom. The van der Waals surface area contributed by atoms with Crippen molar-refractivity contribution in [2.75, 3.05) is 5.32 Å². The highest BCUT2D eigenvalue weighted by Crippen LogP contribution is 2.38. The molecule has 1 amide bonds. The molecule has 0 aliphatic heterocycles. The van der Waals surface area contributed by atoms with Gasteiger partial charge in [0.15, 0.2) is 0 Å². The van der Waals surface area contributed by atoms with E-state index in [0.29, 0.717) is 33.5 Å². The summed E-state index contributed by atoms with van der Waals surface area (Å²) in [6.07, 6.45) is 3.16. The standard InChI is InChI=1S/C23H19FN4O3/c24-18-6-5-16(11-17(18)13-25)22-21(14-7-9-26-10-8-14)23(31-28-22)27-20(30)12-15-3-1-2-4-19(15)29/h1-11,29H,12-13,25H2,(H,27,30). The third-order valence-electron chi connectivity index (χ3n) is 4.80. The third kappa shape index (κ3) is 4.29. The van der Waals surface area contributed by atoms with Crippen molar-refractivity contribution in [1.82, 2.24) is 10.1 Å². The average molecular weight is 418 g/mol. The first-order valence-electron chi connectivity index (χ1n) is 9.52. The maximum Gasteiger partial charge on any atom is 0.239 e. The Kier molecular flexibility index (Phi) is 5.72. The number of benzene rings is 2. The van der Waals surface area contributed by atoms with Gasteiger partial charge in [0, 0.05) is 35.6 Å². The number of phenols is 1. The van der Waals surface area contributed by atoms with E-state index in [4.69, 9.17) is 10.3 Å². The van der Waals surface area contributed by atoms with Crippen LogP contribution in [0.4, 0.5) is 10.3 Å². The highest BCUT2D eigenvalue weighted by atomic mass is 19.1. The number of hydrogen-bond acceptors (Lipinski definition) is 6. The van der Waals surface area contributed by atoms with E-state index in [0.717, 1.165) is 0 Å². The Hall–Kier alpha value is -4.04. The fraction of sp³-hybridized carbons (Fsp3) is 0.0870. The summed E-state index contributed by atoms with van der Waals surface area (Å²) in [5, 5.41) is 16.8. The van der Waals surface area contributed by atoms with Crippen LogP contribution in [0.15, 0.2) is 71.5 Å². The van der Waals surface area contributed by atoms with Gasteiger partial charge in [-0.3, -0.25) is 15.1 Å². The van der Waals surface area contributed by atoms with E-state index >= 15 is 0 Å². The van der Waals surface area contributed by atoms with Crippen LogP contribution in [-0.2, 0) is 17.8 Å². The summed E-state index contributed by atoms with van der Waals surface area (Å²) in [6.45, 7) is 0.0340. The molecule has 0 bridgehead atoms. The van der Waals surface area contributed by atoms with E-state index in [-0.39, 0.29) is 30.5 Å². The second-order valence-electron chi connectivity index (χ2n) is 6.84. The summed E-state index contributed by atoms with van der Waals surface area (Å²) < 4.78 is 19.4. The first-order valence-corrected chi connectivity index (χ1v) is 9.52. The highest BCUT2D eigenvalue weighted by molar-refractivity contribution is 5.98. The molecule has 0 saturated heterocycles. The van der Waals surface area contributed by atoms with E-state index in [9.17, 15) is 14.3 Å². The van der Waals surface area contributed by atoms with E-state index in [1.165, 1.54) is 12.1 Å². The van der Waals surface area contributed by atoms with Gasteiger partial charge in [0.2, 0.25) is 11.8 Å². The molecule has 0 radical (unpaired) electrons. The summed E-state index contributed by atoms with van der Waals surface area (Å²) in [5.41, 5.74) is 8.72. The topological polar surface area (TPSA) is 114 Å². The molecule has 7 nitrogen and oxygen atoms in total. The Balaban J connectivity index is 1.72. The molecule has 0 fully saturated rings. The van der Waals surface area contributed by atoms with Crippen molar-refractivity contribution in [1.29, 1.82) is 0 Å². The van der Waals surface area contributed by atoms with Crippen molar-refractivity contribution >= 4 is 11.8 Å². The average Bonchev–Trinajstić information content (AvgIpc) is 3.19. The van der Waals surface area contributed by atoms with E-state index in [1.807, 2.05) is 0 Å². The van der Waals surface area contributed by atoms with Crippen LogP contribution < -0.4 is 11.1 Å². The zero-order chi connectivity index (χ0) is 21.8. The van der Waals surface area contributed by atoms with Gasteiger partial charge in [0.05, 0.1) is 12.0 Å². The van der Waals surface area contributed by atoms with Crippen LogP contribution in [0, 0.1) is 5.82 Å². The number of halogens is 1. The second-order valence-corrected chi connectivity index (χ2v) is 6.84. The molecule has 4 rings (SSSR count). The zero-order valence-corrected chi connectivity index (χ0v) is 16.4. The molecular formula is C23H19FN4O3. The largest absolute Gasteiger partial charge is 0.508 e. The predicted octanol–water partition coefficient (Wildman–Crippen LogP) is 3.89. The summed E-state index contributed by atoms with van der Waals surface area (Å²) in [5.74, 6) is -0.621. The summed E-state index contributed by atoms with van der Waals surface area (Å²) in [6, 6.07) is 14.6. The summed E-state index contributed by atoms with van der Waals surface area (Å²) >= 11 is 0. The molecule has 0 saturated carbocycles. The number of nitrogens with zero attached hydrogens (tertiary/aromatic N) is 2. The minimum Gasteiger partial charge on any atom is -0.508 e. The number of phenolic OH excluding ortho intramolecular Hbond substituents is 1. The number of para-hydroxylation sites is 1. The normalized spacial score (nSPS) is 10.8. The van der Waals surface area contributed by atoms with Crippen LogP contribution >= 0.6 is 0 Å². The number of carbonyl (C=O) groups is 1. The smallest absolute Gasteiger partial charge is 0.239 e. The zero-order valence-electron chi connectivity index (χ0n) is 16.4. The number of nitrogens with one attached hydrogen (secondary N) is 1. The maximum atomic E-state index is 13.9. The second kappa shape index (κ2) is 8.76. The van der Waals surface area contributed by atoms with Crippen molar-refractivity contribution in [2.24, 2.45) is 5.73 Å². The minimum atomic E-state index is -0.406. The lowest BCUT2D eigenvalue weighted by atomic mass is 10.00. The molecular weight excluding hydrogens is 399 g/mol. The van der Waals surface area contributed by atoms with Crippen LogP contribution in [0.5, 0.6) is 5.75 Å². The fourth-order valence-corrected chi connectivity index (χ4v) is 3.24. The van der Waals surface area contributed by atoms with Crippen LogP contribution in [-0.4, -0.2) is 21.2 Å². The lowest BCUT2D eigenvalue weighted by Crippen LogP contribution is -2.14. The van der Waals surface area contributed by atoms with Crippen LogP contribution in [0.25, 0.3) is 22.4 Å². The molecule has 0 aliphatic carbocycles. The molecule has 31 heavy (non-hydrogen) atoms. The number of pyridine rings is 1. The van der Waals surface area contributed by atoms with Crippen molar-refractivity contribution in [3.05, 3.63) is 83.9 Å². The number of carbonyl (C=O) groups excluding carboxylic acids is 1. The molecule has 0 spiro atoms. The molecule has 0 unspecified atom stereocenters. The maximum absolute atomic E-state index is 13.9. The predicted molar refractivity (Wildman–Crippen MR) is 113 cm³/mol. The van der Waals surface area contributed by atoms with Gasteiger partial charge in [-0.15, -0.1) is 0 Å². The fourth-order valence-electron chi connectivity index (χ4n) is 3.24. The highest BCUT2D eigenvalue weighted by Gasteiger charge is 2.22. The number of anilines is 1. The van der Waals surface area contributed by atoms with Gasteiger partial charge in [0.1, 0.15) is 17.3 Å². The Labute approximate surface area is 177 Å².